The van der Waals surface area contributed by atoms with Crippen molar-refractivity contribution in [3.63, 3.8) is 0 Å². The Morgan fingerprint density at radius 3 is 1.11 bits per heavy atom. The van der Waals surface area contributed by atoms with Crippen molar-refractivity contribution < 1.29 is 0 Å². The molecule has 3 aromatic rings. The fourth-order valence-corrected chi connectivity index (χ4v) is 7.12. The fraction of sp³-hybridized carbons (Fsp3) is 0.581. The van der Waals surface area contributed by atoms with Crippen molar-refractivity contribution >= 4 is 17.1 Å². The minimum absolute atomic E-state index is 0.782. The second-order valence-electron chi connectivity index (χ2n) is 13.6. The van der Waals surface area contributed by atoms with E-state index < -0.39 is 0 Å². The Hall–Kier alpha value is -2.54. The number of hydrogen-bond acceptors (Lipinski definition) is 1. The molecule has 0 radical (unpaired) electrons. The van der Waals surface area contributed by atoms with Gasteiger partial charge in [0, 0.05) is 17.1 Å². The minimum Gasteiger partial charge on any atom is -0.311 e. The topological polar surface area (TPSA) is 3.24 Å². The summed E-state index contributed by atoms with van der Waals surface area (Å²) < 4.78 is 0. The zero-order valence-corrected chi connectivity index (χ0v) is 29.4. The molecule has 242 valence electrons. The summed E-state index contributed by atoms with van der Waals surface area (Å²) in [4.78, 5) is 2.46. The van der Waals surface area contributed by atoms with Gasteiger partial charge in [0.1, 0.15) is 0 Å². The molecule has 0 heterocycles. The van der Waals surface area contributed by atoms with Crippen LogP contribution < -0.4 is 4.90 Å². The quantitative estimate of drug-likeness (QED) is 0.104. The van der Waals surface area contributed by atoms with Crippen LogP contribution in [0.4, 0.5) is 17.1 Å². The lowest BCUT2D eigenvalue weighted by Crippen LogP contribution is -2.11. The third kappa shape index (κ3) is 11.8. The smallest absolute Gasteiger partial charge is 0.0461 e. The van der Waals surface area contributed by atoms with E-state index >= 15 is 0 Å². The van der Waals surface area contributed by atoms with Gasteiger partial charge in [-0.05, 0) is 90.1 Å². The maximum Gasteiger partial charge on any atom is 0.0461 e. The Kier molecular flexibility index (Phi) is 16.7. The SMILES string of the molecule is CCCCCCC(CC)Cc1ccc(N(c2ccc(CC(CC)CCC)cc2)c2ccc(CC(CCC)CCC)cc2)cc1. The van der Waals surface area contributed by atoms with E-state index in [2.05, 4.69) is 119 Å². The molecule has 1 nitrogen and oxygen atoms in total. The molecule has 0 aliphatic heterocycles. The van der Waals surface area contributed by atoms with E-state index in [1.54, 1.807) is 0 Å². The van der Waals surface area contributed by atoms with E-state index in [1.807, 2.05) is 0 Å². The lowest BCUT2D eigenvalue weighted by Gasteiger charge is -2.27. The van der Waals surface area contributed by atoms with Crippen molar-refractivity contribution in [2.75, 3.05) is 4.90 Å². The van der Waals surface area contributed by atoms with Gasteiger partial charge in [-0.3, -0.25) is 0 Å². The van der Waals surface area contributed by atoms with Crippen LogP contribution in [0.5, 0.6) is 0 Å². The molecule has 3 aromatic carbocycles. The molecule has 1 heteroatoms. The second-order valence-corrected chi connectivity index (χ2v) is 13.6. The summed E-state index contributed by atoms with van der Waals surface area (Å²) >= 11 is 0. The molecule has 0 saturated carbocycles. The van der Waals surface area contributed by atoms with Crippen LogP contribution in [0.25, 0.3) is 0 Å². The average molecular weight is 596 g/mol. The highest BCUT2D eigenvalue weighted by Crippen LogP contribution is 2.36. The molecule has 2 unspecified atom stereocenters. The lowest BCUT2D eigenvalue weighted by atomic mass is 9.91. The molecule has 44 heavy (non-hydrogen) atoms. The molecule has 0 N–H and O–H groups in total. The highest BCUT2D eigenvalue weighted by atomic mass is 15.1. The summed E-state index contributed by atoms with van der Waals surface area (Å²) in [5.41, 5.74) is 8.14. The van der Waals surface area contributed by atoms with Crippen LogP contribution in [0, 0.1) is 17.8 Å². The summed E-state index contributed by atoms with van der Waals surface area (Å²) in [6.45, 7) is 14.0. The maximum atomic E-state index is 2.46. The van der Waals surface area contributed by atoms with Gasteiger partial charge in [-0.1, -0.05) is 161 Å². The van der Waals surface area contributed by atoms with Crippen LogP contribution in [0.1, 0.15) is 142 Å². The number of hydrogen-bond donors (Lipinski definition) is 0. The normalized spacial score (nSPS) is 12.9. The first-order chi connectivity index (χ1) is 21.5. The van der Waals surface area contributed by atoms with Gasteiger partial charge in [-0.2, -0.15) is 0 Å². The fourth-order valence-electron chi connectivity index (χ4n) is 7.12. The summed E-state index contributed by atoms with van der Waals surface area (Å²) in [7, 11) is 0. The van der Waals surface area contributed by atoms with Crippen LogP contribution in [0.15, 0.2) is 72.8 Å². The van der Waals surface area contributed by atoms with Crippen molar-refractivity contribution in [1.29, 1.82) is 0 Å². The zero-order chi connectivity index (χ0) is 31.6. The zero-order valence-electron chi connectivity index (χ0n) is 29.4. The molecule has 0 aliphatic carbocycles. The summed E-state index contributed by atoms with van der Waals surface area (Å²) in [6.07, 6.45) is 20.7. The van der Waals surface area contributed by atoms with Gasteiger partial charge in [0.05, 0.1) is 0 Å². The first-order valence-corrected chi connectivity index (χ1v) is 18.6. The van der Waals surface area contributed by atoms with Crippen LogP contribution in [-0.2, 0) is 19.3 Å². The summed E-state index contributed by atoms with van der Waals surface area (Å²) in [5, 5.41) is 0. The second kappa shape index (κ2) is 20.5. The van der Waals surface area contributed by atoms with E-state index in [0.29, 0.717) is 0 Å². The van der Waals surface area contributed by atoms with Crippen molar-refractivity contribution in [1.82, 2.24) is 0 Å². The van der Waals surface area contributed by atoms with Gasteiger partial charge in [0.25, 0.3) is 0 Å². The molecule has 2 atom stereocenters. The van der Waals surface area contributed by atoms with Gasteiger partial charge in [-0.25, -0.2) is 0 Å². The molecule has 0 spiro atoms. The molecule has 0 bridgehead atoms. The van der Waals surface area contributed by atoms with E-state index in [4.69, 9.17) is 0 Å². The highest BCUT2D eigenvalue weighted by molar-refractivity contribution is 5.76. The van der Waals surface area contributed by atoms with Crippen molar-refractivity contribution in [2.24, 2.45) is 17.8 Å². The first kappa shape index (κ1) is 35.9. The van der Waals surface area contributed by atoms with Crippen LogP contribution >= 0.6 is 0 Å². The lowest BCUT2D eigenvalue weighted by molar-refractivity contribution is 0.438. The monoisotopic (exact) mass is 596 g/mol. The van der Waals surface area contributed by atoms with Gasteiger partial charge in [0.15, 0.2) is 0 Å². The van der Waals surface area contributed by atoms with Crippen molar-refractivity contribution in [3.8, 4) is 0 Å². The Morgan fingerprint density at radius 1 is 0.386 bits per heavy atom. The molecule has 0 saturated heterocycles. The van der Waals surface area contributed by atoms with E-state index in [9.17, 15) is 0 Å². The molecule has 0 fully saturated rings. The predicted molar refractivity (Wildman–Crippen MR) is 197 cm³/mol. The van der Waals surface area contributed by atoms with Crippen LogP contribution in [0.3, 0.4) is 0 Å². The number of rotatable bonds is 22. The largest absolute Gasteiger partial charge is 0.311 e. The van der Waals surface area contributed by atoms with E-state index in [1.165, 1.54) is 136 Å². The molecule has 0 amide bonds. The minimum atomic E-state index is 0.782. The van der Waals surface area contributed by atoms with E-state index in [0.717, 1.165) is 17.8 Å². The predicted octanol–water partition coefficient (Wildman–Crippen LogP) is 13.8. The third-order valence-electron chi connectivity index (χ3n) is 9.87. The Labute approximate surface area is 272 Å². The number of benzene rings is 3. The van der Waals surface area contributed by atoms with Gasteiger partial charge in [0.2, 0.25) is 0 Å². The van der Waals surface area contributed by atoms with Gasteiger partial charge in [-0.15, -0.1) is 0 Å². The first-order valence-electron chi connectivity index (χ1n) is 18.6. The molecular weight excluding hydrogens is 530 g/mol. The van der Waals surface area contributed by atoms with E-state index in [-0.39, 0.29) is 0 Å². The van der Waals surface area contributed by atoms with Gasteiger partial charge < -0.3 is 4.90 Å². The van der Waals surface area contributed by atoms with Crippen molar-refractivity contribution in [3.05, 3.63) is 89.5 Å². The maximum absolute atomic E-state index is 2.46. The Bertz CT molecular complexity index is 1120. The van der Waals surface area contributed by atoms with Crippen molar-refractivity contribution in [2.45, 2.75) is 144 Å². The van der Waals surface area contributed by atoms with Gasteiger partial charge >= 0.3 is 0 Å². The van der Waals surface area contributed by atoms with Crippen LogP contribution in [0.2, 0.25) is 0 Å². The summed E-state index contributed by atoms with van der Waals surface area (Å²) in [6, 6.07) is 28.4. The summed E-state index contributed by atoms with van der Waals surface area (Å²) in [5.74, 6) is 2.37. The number of anilines is 3. The number of unbranched alkanes of at least 4 members (excludes halogenated alkanes) is 3. The molecule has 0 aromatic heterocycles. The molecular formula is C43H65N. The highest BCUT2D eigenvalue weighted by Gasteiger charge is 2.16. The third-order valence-corrected chi connectivity index (χ3v) is 9.87. The average Bonchev–Trinajstić information content (AvgIpc) is 3.05. The Morgan fingerprint density at radius 2 is 0.750 bits per heavy atom. The van der Waals surface area contributed by atoms with Crippen LogP contribution in [-0.4, -0.2) is 0 Å². The number of nitrogens with zero attached hydrogens (tertiary/aromatic N) is 1. The molecule has 0 aliphatic rings. The molecule has 3 rings (SSSR count). The Balaban J connectivity index is 1.85. The standard InChI is InChI=1S/C43H65N/c1-7-13-14-15-19-36(12-6)33-39-22-28-42(29-23-39)44(41-26-20-38(21-27-41)32-35(11-5)16-8-2)43-30-24-40(25-31-43)34-37(17-9-3)18-10-4/h20-31,35-37H,7-19,32-34H2,1-6H3.